The van der Waals surface area contributed by atoms with Crippen LogP contribution < -0.4 is 5.32 Å². The van der Waals surface area contributed by atoms with E-state index in [0.29, 0.717) is 5.56 Å². The molecule has 0 unspecified atom stereocenters. The van der Waals surface area contributed by atoms with E-state index in [2.05, 4.69) is 48.2 Å². The molecule has 0 bridgehead atoms. The maximum absolute atomic E-state index is 12.8. The maximum atomic E-state index is 12.8. The summed E-state index contributed by atoms with van der Waals surface area (Å²) in [6, 6.07) is 23.2. The van der Waals surface area contributed by atoms with Crippen LogP contribution in [0, 0.1) is 3.57 Å². The predicted molar refractivity (Wildman–Crippen MR) is 117 cm³/mol. The lowest BCUT2D eigenvalue weighted by atomic mass is 10.2. The molecule has 26 heavy (non-hydrogen) atoms. The van der Waals surface area contributed by atoms with E-state index in [-0.39, 0.29) is 10.7 Å². The van der Waals surface area contributed by atoms with Crippen LogP contribution in [0.2, 0.25) is 0 Å². The zero-order valence-electron chi connectivity index (χ0n) is 13.4. The molecule has 1 N–H and O–H groups in total. The van der Waals surface area contributed by atoms with Crippen LogP contribution >= 0.6 is 38.5 Å². The number of anilines is 1. The van der Waals surface area contributed by atoms with Crippen molar-refractivity contribution >= 4 is 60.1 Å². The predicted octanol–water partition coefficient (Wildman–Crippen LogP) is 5.30. The molecule has 0 aromatic heterocycles. The van der Waals surface area contributed by atoms with Crippen LogP contribution in [-0.4, -0.2) is 14.3 Å². The molecule has 3 rings (SSSR count). The van der Waals surface area contributed by atoms with Gasteiger partial charge in [0.05, 0.1) is 10.6 Å². The van der Waals surface area contributed by atoms with E-state index in [1.165, 1.54) is 12.1 Å². The van der Waals surface area contributed by atoms with Crippen molar-refractivity contribution in [2.24, 2.45) is 4.40 Å². The third-order valence-corrected chi connectivity index (χ3v) is 6.26. The minimum atomic E-state index is -3.86. The summed E-state index contributed by atoms with van der Waals surface area (Å²) in [5.74, 6) is 0.276. The van der Waals surface area contributed by atoms with Gasteiger partial charge in [-0.15, -0.1) is 4.40 Å². The van der Waals surface area contributed by atoms with Crippen molar-refractivity contribution in [1.82, 2.24) is 0 Å². The van der Waals surface area contributed by atoms with Gasteiger partial charge < -0.3 is 5.32 Å². The number of nitrogens with one attached hydrogen (secondary N) is 1. The number of benzene rings is 3. The molecule has 3 aromatic carbocycles. The Balaban J connectivity index is 2.07. The topological polar surface area (TPSA) is 58.5 Å². The zero-order chi connectivity index (χ0) is 18.6. The van der Waals surface area contributed by atoms with Gasteiger partial charge in [-0.1, -0.05) is 58.4 Å². The largest absolute Gasteiger partial charge is 0.338 e. The number of amidine groups is 1. The highest BCUT2D eigenvalue weighted by Crippen LogP contribution is 2.21. The molecule has 0 saturated heterocycles. The summed E-state index contributed by atoms with van der Waals surface area (Å²) in [7, 11) is -3.86. The van der Waals surface area contributed by atoms with Crippen molar-refractivity contribution in [2.45, 2.75) is 4.90 Å². The van der Waals surface area contributed by atoms with Gasteiger partial charge in [-0.25, -0.2) is 0 Å². The number of hydrogen-bond donors (Lipinski definition) is 1. The summed E-state index contributed by atoms with van der Waals surface area (Å²) in [4.78, 5) is 0.138. The third kappa shape index (κ3) is 4.72. The van der Waals surface area contributed by atoms with E-state index in [9.17, 15) is 8.42 Å². The number of hydrogen-bond acceptors (Lipinski definition) is 2. The first-order chi connectivity index (χ1) is 12.5. The zero-order valence-corrected chi connectivity index (χ0v) is 18.0. The van der Waals surface area contributed by atoms with E-state index in [1.54, 1.807) is 12.1 Å². The van der Waals surface area contributed by atoms with Crippen molar-refractivity contribution < 1.29 is 8.42 Å². The molecule has 0 aliphatic rings. The third-order valence-electron chi connectivity index (χ3n) is 3.50. The lowest BCUT2D eigenvalue weighted by molar-refractivity contribution is 0.598. The minimum Gasteiger partial charge on any atom is -0.338 e. The maximum Gasteiger partial charge on any atom is 0.284 e. The minimum absolute atomic E-state index is 0.138. The van der Waals surface area contributed by atoms with Gasteiger partial charge in [0.15, 0.2) is 5.84 Å². The summed E-state index contributed by atoms with van der Waals surface area (Å²) in [6.45, 7) is 0. The normalized spacial score (nSPS) is 12.0. The average Bonchev–Trinajstić information content (AvgIpc) is 2.64. The fourth-order valence-electron chi connectivity index (χ4n) is 2.21. The van der Waals surface area contributed by atoms with Crippen LogP contribution in [-0.2, 0) is 10.0 Å². The van der Waals surface area contributed by atoms with Crippen molar-refractivity contribution in [3.05, 3.63) is 92.5 Å². The van der Waals surface area contributed by atoms with Crippen LogP contribution in [0.1, 0.15) is 5.56 Å². The number of para-hydroxylation sites is 1. The van der Waals surface area contributed by atoms with Gasteiger partial charge in [-0.2, -0.15) is 8.42 Å². The molecular weight excluding hydrogens is 527 g/mol. The summed E-state index contributed by atoms with van der Waals surface area (Å²) in [5.41, 5.74) is 1.48. The smallest absolute Gasteiger partial charge is 0.284 e. The van der Waals surface area contributed by atoms with Crippen LogP contribution in [0.25, 0.3) is 0 Å². The molecular formula is C19H14BrIN2O2S. The van der Waals surface area contributed by atoms with Gasteiger partial charge in [-0.05, 0) is 59.0 Å². The molecule has 0 saturated carbocycles. The van der Waals surface area contributed by atoms with Gasteiger partial charge in [0.25, 0.3) is 10.0 Å². The lowest BCUT2D eigenvalue weighted by Gasteiger charge is -2.12. The van der Waals surface area contributed by atoms with Gasteiger partial charge >= 0.3 is 0 Å². The monoisotopic (exact) mass is 540 g/mol. The van der Waals surface area contributed by atoms with Crippen LogP contribution in [0.4, 0.5) is 5.69 Å². The summed E-state index contributed by atoms with van der Waals surface area (Å²) in [6.07, 6.45) is 0. The quantitative estimate of drug-likeness (QED) is 0.277. The summed E-state index contributed by atoms with van der Waals surface area (Å²) in [5, 5.41) is 3.15. The summed E-state index contributed by atoms with van der Waals surface area (Å²) >= 11 is 5.50. The van der Waals surface area contributed by atoms with Crippen molar-refractivity contribution in [3.8, 4) is 0 Å². The Labute approximate surface area is 174 Å². The molecule has 0 aliphatic carbocycles. The molecule has 0 radical (unpaired) electrons. The lowest BCUT2D eigenvalue weighted by Crippen LogP contribution is -2.17. The van der Waals surface area contributed by atoms with Gasteiger partial charge in [-0.3, -0.25) is 0 Å². The molecule has 0 fully saturated rings. The first-order valence-electron chi connectivity index (χ1n) is 7.63. The van der Waals surface area contributed by atoms with Crippen LogP contribution in [0.5, 0.6) is 0 Å². The Kier molecular flexibility index (Phi) is 6.10. The highest BCUT2D eigenvalue weighted by Gasteiger charge is 2.16. The SMILES string of the molecule is O=S(=O)(/N=C(\Nc1ccccc1I)c1ccccc1)c1ccc(Br)cc1. The molecule has 0 aliphatic heterocycles. The Hall–Kier alpha value is -1.71. The fourth-order valence-corrected chi connectivity index (χ4v) is 3.98. The highest BCUT2D eigenvalue weighted by atomic mass is 127. The Morgan fingerprint density at radius 3 is 2.15 bits per heavy atom. The molecule has 4 nitrogen and oxygen atoms in total. The second kappa shape index (κ2) is 8.32. The first-order valence-corrected chi connectivity index (χ1v) is 10.9. The second-order valence-electron chi connectivity index (χ2n) is 5.34. The average molecular weight is 541 g/mol. The van der Waals surface area contributed by atoms with Gasteiger partial charge in [0, 0.05) is 13.6 Å². The highest BCUT2D eigenvalue weighted by molar-refractivity contribution is 14.1. The van der Waals surface area contributed by atoms with Gasteiger partial charge in [0.1, 0.15) is 0 Å². The molecule has 132 valence electrons. The molecule has 0 heterocycles. The molecule has 0 amide bonds. The molecule has 0 atom stereocenters. The van der Waals surface area contributed by atoms with E-state index >= 15 is 0 Å². The number of rotatable bonds is 4. The van der Waals surface area contributed by atoms with E-state index in [0.717, 1.165) is 13.7 Å². The van der Waals surface area contributed by atoms with E-state index in [1.807, 2.05) is 54.6 Å². The fraction of sp³-hybridized carbons (Fsp3) is 0. The molecule has 3 aromatic rings. The Morgan fingerprint density at radius 2 is 1.50 bits per heavy atom. The number of halogens is 2. The van der Waals surface area contributed by atoms with Crippen molar-refractivity contribution in [1.29, 1.82) is 0 Å². The first kappa shape index (κ1) is 19.1. The number of sulfonamides is 1. The molecule has 7 heteroatoms. The van der Waals surface area contributed by atoms with Crippen molar-refractivity contribution in [2.75, 3.05) is 5.32 Å². The Bertz CT molecular complexity index is 1040. The van der Waals surface area contributed by atoms with E-state index < -0.39 is 10.0 Å². The standard InChI is InChI=1S/C19H14BrIN2O2S/c20-15-10-12-16(13-11-15)26(24,25)23-19(14-6-2-1-3-7-14)22-18-9-5-4-8-17(18)21/h1-13H,(H,22,23). The van der Waals surface area contributed by atoms with Gasteiger partial charge in [0.2, 0.25) is 0 Å². The second-order valence-corrected chi connectivity index (χ2v) is 9.02. The van der Waals surface area contributed by atoms with Crippen LogP contribution in [0.15, 0.2) is 92.6 Å². The Morgan fingerprint density at radius 1 is 0.885 bits per heavy atom. The summed E-state index contributed by atoms with van der Waals surface area (Å²) < 4.78 is 31.4. The number of nitrogens with zero attached hydrogens (tertiary/aromatic N) is 1. The molecule has 0 spiro atoms. The van der Waals surface area contributed by atoms with Crippen molar-refractivity contribution in [3.63, 3.8) is 0 Å². The van der Waals surface area contributed by atoms with E-state index in [4.69, 9.17) is 0 Å². The van der Waals surface area contributed by atoms with Crippen LogP contribution in [0.3, 0.4) is 0 Å².